The third-order valence-corrected chi connectivity index (χ3v) is 6.10. The normalized spacial score (nSPS) is 17.3. The number of benzene rings is 2. The molecule has 1 saturated heterocycles. The predicted octanol–water partition coefficient (Wildman–Crippen LogP) is 4.77. The minimum absolute atomic E-state index is 0.0405. The molecule has 0 amide bonds. The van der Waals surface area contributed by atoms with E-state index in [4.69, 9.17) is 15.2 Å². The highest BCUT2D eigenvalue weighted by Gasteiger charge is 2.31. The van der Waals surface area contributed by atoms with Gasteiger partial charge in [0.15, 0.2) is 0 Å². The predicted molar refractivity (Wildman–Crippen MR) is 126 cm³/mol. The Hall–Kier alpha value is -3.60. The average molecular weight is 486 g/mol. The Morgan fingerprint density at radius 1 is 1.20 bits per heavy atom. The van der Waals surface area contributed by atoms with E-state index in [2.05, 4.69) is 20.4 Å². The number of nitrogens with two attached hydrogens (primary N) is 1. The molecule has 5 rings (SSSR count). The second kappa shape index (κ2) is 8.56. The van der Waals surface area contributed by atoms with Crippen LogP contribution in [0.25, 0.3) is 21.8 Å². The minimum atomic E-state index is -4.50. The molecule has 4 aromatic rings. The van der Waals surface area contributed by atoms with Gasteiger partial charge in [-0.1, -0.05) is 0 Å². The van der Waals surface area contributed by atoms with Crippen LogP contribution >= 0.6 is 0 Å². The van der Waals surface area contributed by atoms with Gasteiger partial charge in [-0.2, -0.15) is 18.3 Å². The number of rotatable bonds is 5. The van der Waals surface area contributed by atoms with Crippen LogP contribution in [0.3, 0.4) is 0 Å². The van der Waals surface area contributed by atoms with Crippen molar-refractivity contribution in [2.45, 2.75) is 38.6 Å². The first-order valence-electron chi connectivity index (χ1n) is 11.2. The van der Waals surface area contributed by atoms with Crippen molar-refractivity contribution in [1.29, 1.82) is 0 Å². The van der Waals surface area contributed by atoms with Crippen LogP contribution in [-0.2, 0) is 18.0 Å². The van der Waals surface area contributed by atoms with E-state index in [9.17, 15) is 13.2 Å². The highest BCUT2D eigenvalue weighted by molar-refractivity contribution is 6.10. The van der Waals surface area contributed by atoms with Crippen LogP contribution in [-0.4, -0.2) is 39.1 Å². The van der Waals surface area contributed by atoms with Crippen LogP contribution in [0, 0.1) is 6.92 Å². The number of anilines is 2. The van der Waals surface area contributed by atoms with Gasteiger partial charge in [-0.25, -0.2) is 9.97 Å². The fraction of sp³-hybridized carbons (Fsp3) is 0.375. The van der Waals surface area contributed by atoms with Crippen LogP contribution in [0.2, 0.25) is 0 Å². The Morgan fingerprint density at radius 3 is 2.71 bits per heavy atom. The summed E-state index contributed by atoms with van der Waals surface area (Å²) in [6.45, 7) is 4.66. The zero-order chi connectivity index (χ0) is 24.9. The van der Waals surface area contributed by atoms with Gasteiger partial charge in [0.2, 0.25) is 0 Å². The number of aromatic nitrogens is 4. The summed E-state index contributed by atoms with van der Waals surface area (Å²) in [7, 11) is 1.83. The summed E-state index contributed by atoms with van der Waals surface area (Å²) in [5.74, 6) is 1.61. The molecular formula is C24H25F3N6O2. The molecule has 1 aliphatic rings. The average Bonchev–Trinajstić information content (AvgIpc) is 3.43. The number of hydrogen-bond donors (Lipinski definition) is 2. The third kappa shape index (κ3) is 4.43. The fourth-order valence-electron chi connectivity index (χ4n) is 4.39. The molecule has 1 fully saturated rings. The monoisotopic (exact) mass is 486 g/mol. The van der Waals surface area contributed by atoms with E-state index in [0.717, 1.165) is 29.5 Å². The number of nitrogen functional groups attached to an aromatic ring is 1. The molecule has 0 radical (unpaired) electrons. The number of ether oxygens (including phenoxy) is 2. The van der Waals surface area contributed by atoms with Crippen molar-refractivity contribution in [3.8, 4) is 5.75 Å². The molecule has 35 heavy (non-hydrogen) atoms. The molecule has 0 spiro atoms. The lowest BCUT2D eigenvalue weighted by Crippen LogP contribution is -2.16. The van der Waals surface area contributed by atoms with Crippen molar-refractivity contribution < 1.29 is 22.6 Å². The molecular weight excluding hydrogens is 461 g/mol. The van der Waals surface area contributed by atoms with E-state index in [1.807, 2.05) is 13.1 Å². The van der Waals surface area contributed by atoms with E-state index in [1.54, 1.807) is 24.7 Å². The Labute approximate surface area is 199 Å². The third-order valence-electron chi connectivity index (χ3n) is 6.10. The van der Waals surface area contributed by atoms with Crippen LogP contribution < -0.4 is 15.8 Å². The molecule has 0 bridgehead atoms. The standard InChI is InChI=1S/C24H25F3N6O2/c1-12(14-6-15(24(25,26)27)8-16(28)7-14)30-23-18-9-20(35-17-4-5-34-11-17)22-19(10-29-33(22)3)21(18)31-13(2)32-23/h6-10,12,17H,4-5,11,28H2,1-3H3,(H,30,31,32)/t12-,17+/m1/s1. The molecule has 3 N–H and O–H groups in total. The largest absolute Gasteiger partial charge is 0.486 e. The van der Waals surface area contributed by atoms with Gasteiger partial charge >= 0.3 is 6.18 Å². The summed E-state index contributed by atoms with van der Waals surface area (Å²) in [5.41, 5.74) is 6.89. The number of hydrogen-bond acceptors (Lipinski definition) is 7. The summed E-state index contributed by atoms with van der Waals surface area (Å²) in [6.07, 6.45) is -2.08. The molecule has 0 aliphatic carbocycles. The van der Waals surface area contributed by atoms with Gasteiger partial charge in [0, 0.05) is 24.5 Å². The number of fused-ring (bicyclic) bond motifs is 3. The Morgan fingerprint density at radius 2 is 2.00 bits per heavy atom. The molecule has 0 saturated carbocycles. The van der Waals surface area contributed by atoms with E-state index in [0.29, 0.717) is 47.1 Å². The summed E-state index contributed by atoms with van der Waals surface area (Å²) in [4.78, 5) is 9.20. The van der Waals surface area contributed by atoms with Gasteiger partial charge in [0.05, 0.1) is 41.9 Å². The summed E-state index contributed by atoms with van der Waals surface area (Å²) in [6, 6.07) is 4.88. The summed E-state index contributed by atoms with van der Waals surface area (Å²) in [5, 5.41) is 9.13. The van der Waals surface area contributed by atoms with E-state index >= 15 is 0 Å². The maximum atomic E-state index is 13.3. The minimum Gasteiger partial charge on any atom is -0.486 e. The number of alkyl halides is 3. The molecule has 3 heterocycles. The van der Waals surface area contributed by atoms with Gasteiger partial charge in [-0.15, -0.1) is 0 Å². The topological polar surface area (TPSA) is 100 Å². The zero-order valence-corrected chi connectivity index (χ0v) is 19.5. The van der Waals surface area contributed by atoms with Crippen molar-refractivity contribution in [3.63, 3.8) is 0 Å². The lowest BCUT2D eigenvalue weighted by Gasteiger charge is -2.20. The molecule has 8 nitrogen and oxygen atoms in total. The Kier molecular flexibility index (Phi) is 5.66. The molecule has 184 valence electrons. The van der Waals surface area contributed by atoms with Crippen molar-refractivity contribution in [2.24, 2.45) is 7.05 Å². The fourth-order valence-corrected chi connectivity index (χ4v) is 4.39. The van der Waals surface area contributed by atoms with Gasteiger partial charge in [0.25, 0.3) is 0 Å². The molecule has 0 unspecified atom stereocenters. The van der Waals surface area contributed by atoms with Crippen LogP contribution in [0.5, 0.6) is 5.75 Å². The highest BCUT2D eigenvalue weighted by Crippen LogP contribution is 2.38. The van der Waals surface area contributed by atoms with Gasteiger partial charge in [-0.05, 0) is 43.7 Å². The molecule has 11 heteroatoms. The summed E-state index contributed by atoms with van der Waals surface area (Å²) >= 11 is 0. The molecule has 2 aromatic carbocycles. The van der Waals surface area contributed by atoms with Crippen molar-refractivity contribution in [1.82, 2.24) is 19.7 Å². The van der Waals surface area contributed by atoms with Crippen molar-refractivity contribution in [3.05, 3.63) is 47.4 Å². The maximum absolute atomic E-state index is 13.3. The first-order chi connectivity index (χ1) is 16.6. The lowest BCUT2D eigenvalue weighted by atomic mass is 10.0. The number of nitrogens with one attached hydrogen (secondary N) is 1. The molecule has 1 aliphatic heterocycles. The van der Waals surface area contributed by atoms with E-state index in [-0.39, 0.29) is 11.8 Å². The number of halogens is 3. The number of aryl methyl sites for hydroxylation is 2. The lowest BCUT2D eigenvalue weighted by molar-refractivity contribution is -0.137. The van der Waals surface area contributed by atoms with Gasteiger partial charge < -0.3 is 20.5 Å². The molecule has 2 atom stereocenters. The van der Waals surface area contributed by atoms with Crippen LogP contribution in [0.1, 0.15) is 36.3 Å². The van der Waals surface area contributed by atoms with Crippen molar-refractivity contribution in [2.75, 3.05) is 24.3 Å². The second-order valence-electron chi connectivity index (χ2n) is 8.78. The van der Waals surface area contributed by atoms with E-state index < -0.39 is 17.8 Å². The van der Waals surface area contributed by atoms with Crippen molar-refractivity contribution >= 4 is 33.3 Å². The van der Waals surface area contributed by atoms with Gasteiger partial charge in [0.1, 0.15) is 29.0 Å². The second-order valence-corrected chi connectivity index (χ2v) is 8.78. The summed E-state index contributed by atoms with van der Waals surface area (Å²) < 4.78 is 53.5. The smallest absolute Gasteiger partial charge is 0.416 e. The number of nitrogens with zero attached hydrogens (tertiary/aromatic N) is 4. The SMILES string of the molecule is Cc1nc(N[C@H](C)c2cc(N)cc(C(F)(F)F)c2)c2cc(O[C@H]3CCOC3)c3c(cnn3C)c2n1. The first kappa shape index (κ1) is 23.2. The quantitative estimate of drug-likeness (QED) is 0.392. The first-order valence-corrected chi connectivity index (χ1v) is 11.2. The zero-order valence-electron chi connectivity index (χ0n) is 19.5. The maximum Gasteiger partial charge on any atom is 0.416 e. The molecule has 2 aromatic heterocycles. The van der Waals surface area contributed by atoms with Crippen LogP contribution in [0.4, 0.5) is 24.7 Å². The van der Waals surface area contributed by atoms with Gasteiger partial charge in [-0.3, -0.25) is 4.68 Å². The Balaban J connectivity index is 1.60. The highest BCUT2D eigenvalue weighted by atomic mass is 19.4. The van der Waals surface area contributed by atoms with E-state index in [1.165, 1.54) is 6.07 Å². The van der Waals surface area contributed by atoms with Crippen LogP contribution in [0.15, 0.2) is 30.5 Å². The Bertz CT molecular complexity index is 1410.